The summed E-state index contributed by atoms with van der Waals surface area (Å²) < 4.78 is 6.90. The van der Waals surface area contributed by atoms with Gasteiger partial charge in [-0.05, 0) is 31.0 Å². The van der Waals surface area contributed by atoms with Crippen molar-refractivity contribution in [1.29, 1.82) is 0 Å². The summed E-state index contributed by atoms with van der Waals surface area (Å²) in [6.07, 6.45) is 4.78. The molecule has 1 atom stereocenters. The predicted molar refractivity (Wildman–Crippen MR) is 74.1 cm³/mol. The highest BCUT2D eigenvalue weighted by molar-refractivity contribution is 9.10. The molecule has 0 radical (unpaired) electrons. The van der Waals surface area contributed by atoms with Gasteiger partial charge in [0.15, 0.2) is 0 Å². The maximum atomic E-state index is 11.9. The van der Waals surface area contributed by atoms with Crippen LogP contribution in [0.15, 0.2) is 22.7 Å². The normalized spacial score (nSPS) is 25.2. The van der Waals surface area contributed by atoms with E-state index in [-0.39, 0.29) is 11.5 Å². The van der Waals surface area contributed by atoms with E-state index in [2.05, 4.69) is 15.9 Å². The fraction of sp³-hybridized carbons (Fsp3) is 0.500. The van der Waals surface area contributed by atoms with Crippen molar-refractivity contribution in [2.75, 3.05) is 0 Å². The third-order valence-corrected chi connectivity index (χ3v) is 4.99. The molecule has 2 fully saturated rings. The first kappa shape index (κ1) is 12.5. The van der Waals surface area contributed by atoms with E-state index in [9.17, 15) is 4.79 Å². The molecule has 0 amide bonds. The molecule has 1 unspecified atom stereocenters. The first-order valence-electron chi connectivity index (χ1n) is 6.27. The average molecular weight is 330 g/mol. The standard InChI is InChI=1S/C14H14BrClO2/c15-9-3-4-11(10(16)7-9)18-13-8-12(17)14(13)5-1-2-6-14/h3-4,7,13H,1-2,5-6,8H2. The van der Waals surface area contributed by atoms with Gasteiger partial charge in [-0.15, -0.1) is 0 Å². The summed E-state index contributed by atoms with van der Waals surface area (Å²) in [5.41, 5.74) is -0.198. The van der Waals surface area contributed by atoms with Crippen molar-refractivity contribution in [3.05, 3.63) is 27.7 Å². The van der Waals surface area contributed by atoms with Crippen LogP contribution in [-0.2, 0) is 4.79 Å². The van der Waals surface area contributed by atoms with Crippen LogP contribution in [0.2, 0.25) is 5.02 Å². The topological polar surface area (TPSA) is 26.3 Å². The van der Waals surface area contributed by atoms with Crippen LogP contribution in [0.25, 0.3) is 0 Å². The minimum absolute atomic E-state index is 0.0196. The summed E-state index contributed by atoms with van der Waals surface area (Å²) in [4.78, 5) is 11.9. The van der Waals surface area contributed by atoms with Crippen LogP contribution in [0, 0.1) is 5.41 Å². The minimum Gasteiger partial charge on any atom is -0.487 e. The van der Waals surface area contributed by atoms with E-state index in [1.54, 1.807) is 0 Å². The minimum atomic E-state index is -0.198. The van der Waals surface area contributed by atoms with E-state index >= 15 is 0 Å². The van der Waals surface area contributed by atoms with Crippen molar-refractivity contribution in [3.63, 3.8) is 0 Å². The van der Waals surface area contributed by atoms with Crippen molar-refractivity contribution in [2.24, 2.45) is 5.41 Å². The van der Waals surface area contributed by atoms with Gasteiger partial charge >= 0.3 is 0 Å². The Morgan fingerprint density at radius 1 is 1.33 bits per heavy atom. The maximum absolute atomic E-state index is 11.9. The van der Waals surface area contributed by atoms with Crippen LogP contribution in [0.4, 0.5) is 0 Å². The Balaban J connectivity index is 1.79. The number of ether oxygens (including phenoxy) is 1. The van der Waals surface area contributed by atoms with Crippen molar-refractivity contribution in [2.45, 2.75) is 38.2 Å². The molecule has 1 aromatic rings. The van der Waals surface area contributed by atoms with Crippen LogP contribution in [-0.4, -0.2) is 11.9 Å². The Kier molecular flexibility index (Phi) is 3.15. The average Bonchev–Trinajstić information content (AvgIpc) is 2.83. The van der Waals surface area contributed by atoms with Gasteiger partial charge in [0.1, 0.15) is 17.6 Å². The molecule has 0 N–H and O–H groups in total. The summed E-state index contributed by atoms with van der Waals surface area (Å²) in [5, 5.41) is 0.594. The van der Waals surface area contributed by atoms with E-state index in [4.69, 9.17) is 16.3 Å². The summed E-state index contributed by atoms with van der Waals surface area (Å²) in [6, 6.07) is 5.58. The molecule has 0 heterocycles. The van der Waals surface area contributed by atoms with E-state index in [0.717, 1.165) is 30.2 Å². The molecule has 2 saturated carbocycles. The number of hydrogen-bond donors (Lipinski definition) is 0. The van der Waals surface area contributed by atoms with Crippen LogP contribution >= 0.6 is 27.5 Å². The van der Waals surface area contributed by atoms with Gasteiger partial charge in [-0.3, -0.25) is 4.79 Å². The predicted octanol–water partition coefficient (Wildman–Crippen LogP) is 4.38. The van der Waals surface area contributed by atoms with E-state index in [0.29, 0.717) is 23.0 Å². The van der Waals surface area contributed by atoms with Crippen molar-refractivity contribution >= 4 is 33.3 Å². The van der Waals surface area contributed by atoms with Crippen molar-refractivity contribution < 1.29 is 9.53 Å². The Bertz CT molecular complexity index is 495. The van der Waals surface area contributed by atoms with E-state index < -0.39 is 0 Å². The number of benzene rings is 1. The van der Waals surface area contributed by atoms with Gasteiger partial charge in [0.05, 0.1) is 10.4 Å². The lowest BCUT2D eigenvalue weighted by Gasteiger charge is -2.44. The Morgan fingerprint density at radius 3 is 2.67 bits per heavy atom. The molecule has 2 aliphatic rings. The summed E-state index contributed by atoms with van der Waals surface area (Å²) >= 11 is 9.51. The number of Topliss-reactive ketones (excluding diaryl/α,β-unsaturated/α-hetero) is 1. The molecule has 2 nitrogen and oxygen atoms in total. The third-order valence-electron chi connectivity index (χ3n) is 4.20. The van der Waals surface area contributed by atoms with Crippen LogP contribution in [0.5, 0.6) is 5.75 Å². The first-order chi connectivity index (χ1) is 8.62. The molecule has 0 aliphatic heterocycles. The van der Waals surface area contributed by atoms with Gasteiger partial charge in [0.2, 0.25) is 0 Å². The third kappa shape index (κ3) is 1.88. The van der Waals surface area contributed by atoms with E-state index in [1.807, 2.05) is 18.2 Å². The number of halogens is 2. The molecule has 0 aromatic heterocycles. The first-order valence-corrected chi connectivity index (χ1v) is 7.44. The molecule has 3 rings (SSSR count). The molecule has 96 valence electrons. The second-order valence-corrected chi connectivity index (χ2v) is 6.49. The van der Waals surface area contributed by atoms with Crippen molar-refractivity contribution in [1.82, 2.24) is 0 Å². The maximum Gasteiger partial charge on any atom is 0.146 e. The van der Waals surface area contributed by atoms with Gasteiger partial charge in [0.25, 0.3) is 0 Å². The molecule has 0 saturated heterocycles. The lowest BCUT2D eigenvalue weighted by molar-refractivity contribution is -0.151. The molecule has 2 aliphatic carbocycles. The van der Waals surface area contributed by atoms with Crippen LogP contribution in [0.1, 0.15) is 32.1 Å². The Hall–Kier alpha value is -0.540. The van der Waals surface area contributed by atoms with Gasteiger partial charge in [-0.25, -0.2) is 0 Å². The quantitative estimate of drug-likeness (QED) is 0.804. The molecule has 18 heavy (non-hydrogen) atoms. The zero-order valence-electron chi connectivity index (χ0n) is 9.92. The number of ketones is 1. The van der Waals surface area contributed by atoms with Gasteiger partial charge in [-0.1, -0.05) is 40.4 Å². The molecular weight excluding hydrogens is 316 g/mol. The number of hydrogen-bond acceptors (Lipinski definition) is 2. The zero-order chi connectivity index (χ0) is 12.8. The highest BCUT2D eigenvalue weighted by atomic mass is 79.9. The van der Waals surface area contributed by atoms with Crippen LogP contribution < -0.4 is 4.74 Å². The molecule has 1 aromatic carbocycles. The van der Waals surface area contributed by atoms with Gasteiger partial charge in [-0.2, -0.15) is 0 Å². The van der Waals surface area contributed by atoms with E-state index in [1.165, 1.54) is 0 Å². The number of rotatable bonds is 2. The van der Waals surface area contributed by atoms with Crippen LogP contribution in [0.3, 0.4) is 0 Å². The second kappa shape index (κ2) is 4.53. The summed E-state index contributed by atoms with van der Waals surface area (Å²) in [7, 11) is 0. The number of carbonyl (C=O) groups excluding carboxylic acids is 1. The molecular formula is C14H14BrClO2. The fourth-order valence-corrected chi connectivity index (χ4v) is 3.82. The number of carbonyl (C=O) groups is 1. The summed E-state index contributed by atoms with van der Waals surface area (Å²) in [6.45, 7) is 0. The van der Waals surface area contributed by atoms with Crippen molar-refractivity contribution in [3.8, 4) is 5.75 Å². The highest BCUT2D eigenvalue weighted by Gasteiger charge is 2.57. The fourth-order valence-electron chi connectivity index (χ4n) is 3.10. The lowest BCUT2D eigenvalue weighted by atomic mass is 9.63. The Labute approximate surface area is 120 Å². The smallest absolute Gasteiger partial charge is 0.146 e. The second-order valence-electron chi connectivity index (χ2n) is 5.17. The SMILES string of the molecule is O=C1CC(Oc2ccc(Br)cc2Cl)C12CCCC2. The Morgan fingerprint density at radius 2 is 2.06 bits per heavy atom. The monoisotopic (exact) mass is 328 g/mol. The molecule has 4 heteroatoms. The molecule has 1 spiro atoms. The highest BCUT2D eigenvalue weighted by Crippen LogP contribution is 2.52. The molecule has 0 bridgehead atoms. The van der Waals surface area contributed by atoms with Gasteiger partial charge in [0, 0.05) is 10.9 Å². The largest absolute Gasteiger partial charge is 0.487 e. The zero-order valence-corrected chi connectivity index (χ0v) is 12.3. The summed E-state index contributed by atoms with van der Waals surface area (Å²) in [5.74, 6) is 1.06. The lowest BCUT2D eigenvalue weighted by Crippen LogP contribution is -2.55. The van der Waals surface area contributed by atoms with Gasteiger partial charge < -0.3 is 4.74 Å².